The predicted molar refractivity (Wildman–Crippen MR) is 100 cm³/mol. The van der Waals surface area contributed by atoms with E-state index >= 15 is 0 Å². The molecule has 0 spiro atoms. The molecule has 1 N–H and O–H groups in total. The van der Waals surface area contributed by atoms with Crippen LogP contribution >= 0.6 is 11.3 Å². The molecule has 3 aromatic rings. The zero-order chi connectivity index (χ0) is 20.1. The molecule has 8 heteroatoms. The van der Waals surface area contributed by atoms with Gasteiger partial charge in [0.1, 0.15) is 5.82 Å². The Bertz CT molecular complexity index is 994. The number of thiazole rings is 1. The van der Waals surface area contributed by atoms with E-state index in [4.69, 9.17) is 0 Å². The molecular weight excluding hydrogens is 392 g/mol. The molecule has 3 nitrogen and oxygen atoms in total. The molecule has 0 saturated heterocycles. The van der Waals surface area contributed by atoms with Crippen LogP contribution in [0.5, 0.6) is 0 Å². The molecule has 0 aliphatic rings. The first-order chi connectivity index (χ1) is 13.3. The van der Waals surface area contributed by atoms with Gasteiger partial charge in [-0.05, 0) is 41.5 Å². The van der Waals surface area contributed by atoms with Gasteiger partial charge >= 0.3 is 6.18 Å². The minimum absolute atomic E-state index is 0.265. The SMILES string of the molecule is O=C(C=Cc1cccc(C(F)(F)F)c1)Nc1ncc(Cc2ccc(F)cc2)s1. The number of carbonyl (C=O) groups excluding carboxylic acids is 1. The standard InChI is InChI=1S/C20H14F4N2OS/c21-16-7-4-14(5-8-16)11-17-12-25-19(28-17)26-18(27)9-6-13-2-1-3-15(10-13)20(22,23)24/h1-10,12H,11H2,(H,25,26,27). The lowest BCUT2D eigenvalue weighted by atomic mass is 10.1. The third-order valence-corrected chi connectivity index (χ3v) is 4.63. The van der Waals surface area contributed by atoms with Crippen molar-refractivity contribution in [1.29, 1.82) is 0 Å². The lowest BCUT2D eigenvalue weighted by Crippen LogP contribution is -2.07. The van der Waals surface area contributed by atoms with Crippen LogP contribution < -0.4 is 5.32 Å². The number of hydrogen-bond donors (Lipinski definition) is 1. The Balaban J connectivity index is 1.60. The highest BCUT2D eigenvalue weighted by Gasteiger charge is 2.30. The lowest BCUT2D eigenvalue weighted by molar-refractivity contribution is -0.137. The van der Waals surface area contributed by atoms with Gasteiger partial charge in [0.05, 0.1) is 5.56 Å². The minimum atomic E-state index is -4.44. The van der Waals surface area contributed by atoms with E-state index in [9.17, 15) is 22.4 Å². The molecule has 144 valence electrons. The Kier molecular flexibility index (Phi) is 5.89. The van der Waals surface area contributed by atoms with E-state index in [1.807, 2.05) is 0 Å². The Morgan fingerprint density at radius 2 is 1.89 bits per heavy atom. The van der Waals surface area contributed by atoms with E-state index < -0.39 is 17.6 Å². The van der Waals surface area contributed by atoms with Gasteiger partial charge in [0.2, 0.25) is 5.91 Å². The summed E-state index contributed by atoms with van der Waals surface area (Å²) in [4.78, 5) is 17.0. The quantitative estimate of drug-likeness (QED) is 0.446. The number of carbonyl (C=O) groups is 1. The molecule has 3 rings (SSSR count). The molecule has 0 radical (unpaired) electrons. The number of alkyl halides is 3. The van der Waals surface area contributed by atoms with Crippen molar-refractivity contribution in [2.45, 2.75) is 12.6 Å². The average molecular weight is 406 g/mol. The molecule has 0 aliphatic heterocycles. The molecule has 0 saturated carbocycles. The van der Waals surface area contributed by atoms with E-state index in [0.717, 1.165) is 28.6 Å². The lowest BCUT2D eigenvalue weighted by Gasteiger charge is -2.06. The van der Waals surface area contributed by atoms with Gasteiger partial charge in [-0.15, -0.1) is 11.3 Å². The second-order valence-electron chi connectivity index (χ2n) is 5.88. The van der Waals surface area contributed by atoms with E-state index in [-0.39, 0.29) is 11.4 Å². The minimum Gasteiger partial charge on any atom is -0.298 e. The molecule has 0 atom stereocenters. The largest absolute Gasteiger partial charge is 0.416 e. The molecule has 0 fully saturated rings. The van der Waals surface area contributed by atoms with Crippen LogP contribution in [0.2, 0.25) is 0 Å². The average Bonchev–Trinajstić information content (AvgIpc) is 3.08. The van der Waals surface area contributed by atoms with E-state index in [0.29, 0.717) is 11.6 Å². The van der Waals surface area contributed by atoms with Crippen molar-refractivity contribution < 1.29 is 22.4 Å². The number of nitrogens with zero attached hydrogens (tertiary/aromatic N) is 1. The van der Waals surface area contributed by atoms with Gasteiger partial charge < -0.3 is 0 Å². The summed E-state index contributed by atoms with van der Waals surface area (Å²) in [5, 5.41) is 2.94. The van der Waals surface area contributed by atoms with Gasteiger partial charge in [0.25, 0.3) is 0 Å². The number of rotatable bonds is 5. The second-order valence-corrected chi connectivity index (χ2v) is 7.00. The fourth-order valence-corrected chi connectivity index (χ4v) is 3.24. The zero-order valence-corrected chi connectivity index (χ0v) is 15.2. The molecular formula is C20H14F4N2OS. The number of nitrogens with one attached hydrogen (secondary N) is 1. The van der Waals surface area contributed by atoms with Crippen LogP contribution in [0.3, 0.4) is 0 Å². The Morgan fingerprint density at radius 3 is 2.61 bits per heavy atom. The van der Waals surface area contributed by atoms with Crippen molar-refractivity contribution in [3.63, 3.8) is 0 Å². The molecule has 0 unspecified atom stereocenters. The van der Waals surface area contributed by atoms with Gasteiger partial charge in [-0.1, -0.05) is 24.3 Å². The maximum atomic E-state index is 12.9. The second kappa shape index (κ2) is 8.35. The van der Waals surface area contributed by atoms with Gasteiger partial charge in [-0.25, -0.2) is 9.37 Å². The molecule has 1 amide bonds. The first kappa shape index (κ1) is 19.8. The molecule has 1 heterocycles. The number of benzene rings is 2. The summed E-state index contributed by atoms with van der Waals surface area (Å²) in [6.07, 6.45) is 0.177. The smallest absolute Gasteiger partial charge is 0.298 e. The van der Waals surface area contributed by atoms with E-state index in [1.54, 1.807) is 18.3 Å². The van der Waals surface area contributed by atoms with Gasteiger partial charge in [-0.2, -0.15) is 13.2 Å². The summed E-state index contributed by atoms with van der Waals surface area (Å²) in [6.45, 7) is 0. The zero-order valence-electron chi connectivity index (χ0n) is 14.3. The van der Waals surface area contributed by atoms with Crippen molar-refractivity contribution in [3.8, 4) is 0 Å². The molecule has 0 bridgehead atoms. The normalized spacial score (nSPS) is 11.7. The van der Waals surface area contributed by atoms with Crippen LogP contribution in [0.15, 0.2) is 60.8 Å². The predicted octanol–water partition coefficient (Wildman–Crippen LogP) is 5.54. The molecule has 0 aliphatic carbocycles. The van der Waals surface area contributed by atoms with Crippen LogP contribution in [-0.4, -0.2) is 10.9 Å². The summed E-state index contributed by atoms with van der Waals surface area (Å²) < 4.78 is 51.0. The Morgan fingerprint density at radius 1 is 1.14 bits per heavy atom. The fraction of sp³-hybridized carbons (Fsp3) is 0.100. The molecule has 28 heavy (non-hydrogen) atoms. The summed E-state index contributed by atoms with van der Waals surface area (Å²) in [5.74, 6) is -0.811. The summed E-state index contributed by atoms with van der Waals surface area (Å²) in [5.41, 5.74) is 0.397. The maximum Gasteiger partial charge on any atom is 0.416 e. The first-order valence-electron chi connectivity index (χ1n) is 8.15. The van der Waals surface area contributed by atoms with Crippen molar-refractivity contribution >= 4 is 28.5 Å². The Hall–Kier alpha value is -3.00. The third kappa shape index (κ3) is 5.50. The van der Waals surface area contributed by atoms with Crippen LogP contribution in [0.4, 0.5) is 22.7 Å². The van der Waals surface area contributed by atoms with Crippen LogP contribution in [0.1, 0.15) is 21.6 Å². The maximum absolute atomic E-state index is 12.9. The van der Waals surface area contributed by atoms with Crippen LogP contribution in [0.25, 0.3) is 6.08 Å². The third-order valence-electron chi connectivity index (χ3n) is 3.72. The van der Waals surface area contributed by atoms with Gasteiger partial charge in [0, 0.05) is 23.6 Å². The summed E-state index contributed by atoms with van der Waals surface area (Å²) in [7, 11) is 0. The van der Waals surface area contributed by atoms with Gasteiger partial charge in [0.15, 0.2) is 5.13 Å². The highest BCUT2D eigenvalue weighted by molar-refractivity contribution is 7.15. The van der Waals surface area contributed by atoms with Crippen LogP contribution in [0, 0.1) is 5.82 Å². The summed E-state index contributed by atoms with van der Waals surface area (Å²) in [6, 6.07) is 10.8. The highest BCUT2D eigenvalue weighted by Crippen LogP contribution is 2.29. The molecule has 2 aromatic carbocycles. The van der Waals surface area contributed by atoms with Crippen LogP contribution in [-0.2, 0) is 17.4 Å². The first-order valence-corrected chi connectivity index (χ1v) is 8.97. The fourth-order valence-electron chi connectivity index (χ4n) is 2.39. The summed E-state index contributed by atoms with van der Waals surface area (Å²) >= 11 is 1.27. The highest BCUT2D eigenvalue weighted by atomic mass is 32.1. The number of amides is 1. The number of aromatic nitrogens is 1. The Labute approximate surface area is 162 Å². The van der Waals surface area contributed by atoms with E-state index in [1.165, 1.54) is 41.7 Å². The topological polar surface area (TPSA) is 42.0 Å². The number of anilines is 1. The van der Waals surface area contributed by atoms with Crippen molar-refractivity contribution in [2.24, 2.45) is 0 Å². The number of hydrogen-bond acceptors (Lipinski definition) is 3. The van der Waals surface area contributed by atoms with Crippen molar-refractivity contribution in [2.75, 3.05) is 5.32 Å². The monoisotopic (exact) mass is 406 g/mol. The van der Waals surface area contributed by atoms with Crippen molar-refractivity contribution in [1.82, 2.24) is 4.98 Å². The van der Waals surface area contributed by atoms with Crippen molar-refractivity contribution in [3.05, 3.63) is 88.2 Å². The molecule has 1 aromatic heterocycles. The van der Waals surface area contributed by atoms with E-state index in [2.05, 4.69) is 10.3 Å². The van der Waals surface area contributed by atoms with Gasteiger partial charge in [-0.3, -0.25) is 10.1 Å². The number of halogens is 4.